The standard InChI is InChI=1S/C24H19NO5/c1-29-17-11-13-18(14-12-17)30-24(28)21(15-16-7-3-2-4-8-16)25-22(26)19-9-5-6-10-20(19)23(25)27/h2-14,21H,15H2,1H3/t21-/m1/s1. The van der Waals surface area contributed by atoms with Crippen molar-refractivity contribution in [2.24, 2.45) is 0 Å². The Hall–Kier alpha value is -3.93. The molecule has 3 aromatic rings. The van der Waals surface area contributed by atoms with Gasteiger partial charge in [0.2, 0.25) is 0 Å². The molecular formula is C24H19NO5. The number of nitrogens with zero attached hydrogens (tertiary/aromatic N) is 1. The lowest BCUT2D eigenvalue weighted by atomic mass is 10.0. The molecule has 1 aliphatic heterocycles. The maximum Gasteiger partial charge on any atom is 0.335 e. The zero-order valence-electron chi connectivity index (χ0n) is 16.3. The zero-order chi connectivity index (χ0) is 21.1. The van der Waals surface area contributed by atoms with Gasteiger partial charge in [-0.3, -0.25) is 14.5 Å². The molecule has 0 bridgehead atoms. The molecule has 6 nitrogen and oxygen atoms in total. The Labute approximate surface area is 173 Å². The summed E-state index contributed by atoms with van der Waals surface area (Å²) < 4.78 is 10.6. The van der Waals surface area contributed by atoms with Crippen LogP contribution in [0.3, 0.4) is 0 Å². The van der Waals surface area contributed by atoms with Crippen LogP contribution in [0.25, 0.3) is 0 Å². The summed E-state index contributed by atoms with van der Waals surface area (Å²) in [5, 5.41) is 0. The summed E-state index contributed by atoms with van der Waals surface area (Å²) in [7, 11) is 1.54. The molecular weight excluding hydrogens is 382 g/mol. The van der Waals surface area contributed by atoms with Crippen molar-refractivity contribution >= 4 is 17.8 Å². The lowest BCUT2D eigenvalue weighted by Crippen LogP contribution is -2.48. The van der Waals surface area contributed by atoms with E-state index in [1.54, 1.807) is 55.6 Å². The molecule has 1 aliphatic rings. The van der Waals surface area contributed by atoms with Gasteiger partial charge in [-0.2, -0.15) is 0 Å². The highest BCUT2D eigenvalue weighted by Gasteiger charge is 2.43. The van der Waals surface area contributed by atoms with Crippen LogP contribution in [0.5, 0.6) is 11.5 Å². The molecule has 3 aromatic carbocycles. The Bertz CT molecular complexity index is 1060. The Balaban J connectivity index is 1.65. The molecule has 0 N–H and O–H groups in total. The highest BCUT2D eigenvalue weighted by Crippen LogP contribution is 2.27. The number of hydrogen-bond donors (Lipinski definition) is 0. The summed E-state index contributed by atoms with van der Waals surface area (Å²) in [6.45, 7) is 0. The van der Waals surface area contributed by atoms with Crippen LogP contribution in [0.2, 0.25) is 0 Å². The number of rotatable bonds is 6. The maximum absolute atomic E-state index is 13.1. The Morgan fingerprint density at radius 3 is 1.90 bits per heavy atom. The van der Waals surface area contributed by atoms with Gasteiger partial charge >= 0.3 is 5.97 Å². The number of methoxy groups -OCH3 is 1. The number of fused-ring (bicyclic) bond motifs is 1. The number of imide groups is 1. The maximum atomic E-state index is 13.1. The van der Waals surface area contributed by atoms with Crippen LogP contribution in [-0.2, 0) is 11.2 Å². The molecule has 0 aromatic heterocycles. The van der Waals surface area contributed by atoms with Gasteiger partial charge in [-0.05, 0) is 42.0 Å². The molecule has 0 radical (unpaired) electrons. The average Bonchev–Trinajstić information content (AvgIpc) is 3.03. The monoisotopic (exact) mass is 401 g/mol. The van der Waals surface area contributed by atoms with Gasteiger partial charge in [-0.15, -0.1) is 0 Å². The van der Waals surface area contributed by atoms with Crippen molar-refractivity contribution in [2.45, 2.75) is 12.5 Å². The van der Waals surface area contributed by atoms with E-state index in [0.717, 1.165) is 10.5 Å². The number of amides is 2. The highest BCUT2D eigenvalue weighted by atomic mass is 16.5. The smallest absolute Gasteiger partial charge is 0.335 e. The third kappa shape index (κ3) is 3.67. The molecule has 6 heteroatoms. The number of carbonyl (C=O) groups is 3. The second-order valence-electron chi connectivity index (χ2n) is 6.83. The molecule has 1 atom stereocenters. The van der Waals surface area contributed by atoms with E-state index in [4.69, 9.17) is 9.47 Å². The summed E-state index contributed by atoms with van der Waals surface area (Å²) in [6, 6.07) is 21.2. The fourth-order valence-corrected chi connectivity index (χ4v) is 3.44. The Morgan fingerprint density at radius 2 is 1.33 bits per heavy atom. The van der Waals surface area contributed by atoms with Crippen molar-refractivity contribution in [2.75, 3.05) is 7.11 Å². The van der Waals surface area contributed by atoms with Gasteiger partial charge in [-0.1, -0.05) is 42.5 Å². The first-order chi connectivity index (χ1) is 14.6. The summed E-state index contributed by atoms with van der Waals surface area (Å²) in [4.78, 5) is 40.0. The first-order valence-electron chi connectivity index (χ1n) is 9.45. The van der Waals surface area contributed by atoms with Gasteiger partial charge in [0.05, 0.1) is 18.2 Å². The van der Waals surface area contributed by atoms with Crippen LogP contribution >= 0.6 is 0 Å². The summed E-state index contributed by atoms with van der Waals surface area (Å²) in [5.41, 5.74) is 1.39. The zero-order valence-corrected chi connectivity index (χ0v) is 16.3. The molecule has 0 saturated heterocycles. The fourth-order valence-electron chi connectivity index (χ4n) is 3.44. The lowest BCUT2D eigenvalue weighted by molar-refractivity contribution is -0.138. The second kappa shape index (κ2) is 8.21. The minimum atomic E-state index is -1.10. The van der Waals surface area contributed by atoms with Crippen molar-refractivity contribution in [3.8, 4) is 11.5 Å². The van der Waals surface area contributed by atoms with Crippen LogP contribution < -0.4 is 9.47 Å². The predicted octanol–water partition coefficient (Wildman–Crippen LogP) is 3.51. The lowest BCUT2D eigenvalue weighted by Gasteiger charge is -2.24. The Morgan fingerprint density at radius 1 is 0.800 bits per heavy atom. The number of carbonyl (C=O) groups excluding carboxylic acids is 3. The molecule has 150 valence electrons. The van der Waals surface area contributed by atoms with Crippen LogP contribution in [-0.4, -0.2) is 35.8 Å². The SMILES string of the molecule is COc1ccc(OC(=O)[C@@H](Cc2ccccc2)N2C(=O)c3ccccc3C2=O)cc1. The van der Waals surface area contributed by atoms with Crippen molar-refractivity contribution < 1.29 is 23.9 Å². The van der Waals surface area contributed by atoms with Crippen molar-refractivity contribution in [3.63, 3.8) is 0 Å². The first kappa shape index (κ1) is 19.4. The summed E-state index contributed by atoms with van der Waals surface area (Å²) >= 11 is 0. The molecule has 1 heterocycles. The summed E-state index contributed by atoms with van der Waals surface area (Å²) in [6.07, 6.45) is 0.154. The molecule has 0 fully saturated rings. The molecule has 30 heavy (non-hydrogen) atoms. The van der Waals surface area contributed by atoms with Gasteiger partial charge in [0.25, 0.3) is 11.8 Å². The van der Waals surface area contributed by atoms with Gasteiger partial charge in [0.1, 0.15) is 17.5 Å². The van der Waals surface area contributed by atoms with Gasteiger partial charge < -0.3 is 9.47 Å². The van der Waals surface area contributed by atoms with Crippen LogP contribution in [0.4, 0.5) is 0 Å². The van der Waals surface area contributed by atoms with E-state index in [2.05, 4.69) is 0 Å². The fraction of sp³-hybridized carbons (Fsp3) is 0.125. The number of benzene rings is 3. The third-order valence-corrected chi connectivity index (χ3v) is 4.96. The molecule has 0 spiro atoms. The molecule has 4 rings (SSSR count). The van der Waals surface area contributed by atoms with Crippen LogP contribution in [0, 0.1) is 0 Å². The number of esters is 1. The number of ether oxygens (including phenoxy) is 2. The quantitative estimate of drug-likeness (QED) is 0.359. The van der Waals surface area contributed by atoms with E-state index in [1.165, 1.54) is 0 Å². The average molecular weight is 401 g/mol. The van der Waals surface area contributed by atoms with Crippen molar-refractivity contribution in [1.82, 2.24) is 4.90 Å². The van der Waals surface area contributed by atoms with E-state index < -0.39 is 23.8 Å². The third-order valence-electron chi connectivity index (χ3n) is 4.96. The van der Waals surface area contributed by atoms with Crippen molar-refractivity contribution in [1.29, 1.82) is 0 Å². The Kier molecular flexibility index (Phi) is 5.30. The molecule has 0 saturated carbocycles. The predicted molar refractivity (Wildman–Crippen MR) is 110 cm³/mol. The van der Waals surface area contributed by atoms with E-state index in [0.29, 0.717) is 11.5 Å². The minimum Gasteiger partial charge on any atom is -0.497 e. The largest absolute Gasteiger partial charge is 0.497 e. The van der Waals surface area contributed by atoms with E-state index >= 15 is 0 Å². The first-order valence-corrected chi connectivity index (χ1v) is 9.45. The minimum absolute atomic E-state index is 0.154. The summed E-state index contributed by atoms with van der Waals surface area (Å²) in [5.74, 6) is -0.753. The molecule has 0 aliphatic carbocycles. The normalized spacial score (nSPS) is 13.7. The van der Waals surface area contributed by atoms with E-state index in [9.17, 15) is 14.4 Å². The van der Waals surface area contributed by atoms with Crippen LogP contribution in [0.1, 0.15) is 26.3 Å². The number of hydrogen-bond acceptors (Lipinski definition) is 5. The van der Waals surface area contributed by atoms with Gasteiger partial charge in [0, 0.05) is 6.42 Å². The molecule has 2 amide bonds. The van der Waals surface area contributed by atoms with Crippen LogP contribution in [0.15, 0.2) is 78.9 Å². The van der Waals surface area contributed by atoms with Gasteiger partial charge in [-0.25, -0.2) is 4.79 Å². The van der Waals surface area contributed by atoms with E-state index in [1.807, 2.05) is 30.3 Å². The van der Waals surface area contributed by atoms with Crippen molar-refractivity contribution in [3.05, 3.63) is 95.6 Å². The molecule has 0 unspecified atom stereocenters. The topological polar surface area (TPSA) is 72.9 Å². The van der Waals surface area contributed by atoms with E-state index in [-0.39, 0.29) is 17.5 Å². The van der Waals surface area contributed by atoms with Gasteiger partial charge in [0.15, 0.2) is 0 Å². The second-order valence-corrected chi connectivity index (χ2v) is 6.83. The highest BCUT2D eigenvalue weighted by molar-refractivity contribution is 6.22.